The normalized spacial score (nSPS) is 15.5. The first-order chi connectivity index (χ1) is 15.3. The van der Waals surface area contributed by atoms with E-state index in [1.807, 2.05) is 0 Å². The van der Waals surface area contributed by atoms with Crippen LogP contribution in [0.5, 0.6) is 0 Å². The van der Waals surface area contributed by atoms with Crippen LogP contribution in [-0.2, 0) is 19.2 Å². The van der Waals surface area contributed by atoms with Crippen molar-refractivity contribution in [2.75, 3.05) is 13.2 Å². The molecule has 14 heteroatoms. The van der Waals surface area contributed by atoms with Crippen molar-refractivity contribution in [3.8, 4) is 0 Å². The van der Waals surface area contributed by atoms with Crippen molar-refractivity contribution in [2.45, 2.75) is 70.3 Å². The van der Waals surface area contributed by atoms with Gasteiger partial charge in [-0.3, -0.25) is 19.4 Å². The maximum atomic E-state index is 12.7. The minimum atomic E-state index is -1.46. The van der Waals surface area contributed by atoms with E-state index in [-0.39, 0.29) is 37.7 Å². The van der Waals surface area contributed by atoms with Crippen LogP contribution in [0.3, 0.4) is 0 Å². The first-order valence-electron chi connectivity index (χ1n) is 10.5. The van der Waals surface area contributed by atoms with Crippen LogP contribution in [-0.4, -0.2) is 88.4 Å². The quantitative estimate of drug-likeness (QED) is 0.0636. The number of aliphatic hydroxyl groups is 2. The van der Waals surface area contributed by atoms with E-state index in [2.05, 4.69) is 20.9 Å². The highest BCUT2D eigenvalue weighted by Crippen LogP contribution is 2.07. The van der Waals surface area contributed by atoms with E-state index in [9.17, 15) is 34.5 Å². The minimum absolute atomic E-state index is 0.00716. The molecule has 0 heterocycles. The molecule has 0 aromatic carbocycles. The van der Waals surface area contributed by atoms with E-state index in [4.69, 9.17) is 17.2 Å². The average molecular weight is 476 g/mol. The van der Waals surface area contributed by atoms with Gasteiger partial charge >= 0.3 is 5.97 Å². The van der Waals surface area contributed by atoms with Crippen molar-refractivity contribution in [3.63, 3.8) is 0 Å². The first kappa shape index (κ1) is 30.0. The molecule has 0 aliphatic heterocycles. The number of carbonyl (C=O) groups is 4. The van der Waals surface area contributed by atoms with Crippen molar-refractivity contribution in [1.29, 1.82) is 0 Å². The number of nitrogens with two attached hydrogens (primary N) is 3. The van der Waals surface area contributed by atoms with Crippen LogP contribution in [0.1, 0.15) is 40.0 Å². The Labute approximate surface area is 192 Å². The van der Waals surface area contributed by atoms with Gasteiger partial charge in [0, 0.05) is 6.54 Å². The predicted molar refractivity (Wildman–Crippen MR) is 120 cm³/mol. The molecule has 0 aromatic rings. The zero-order valence-electron chi connectivity index (χ0n) is 19.2. The fraction of sp³-hybridized carbons (Fsp3) is 0.737. The number of hydrogen-bond donors (Lipinski definition) is 9. The molecule has 0 bridgehead atoms. The lowest BCUT2D eigenvalue weighted by atomic mass is 10.0. The SMILES string of the molecule is CC(C)CC(NC(=O)C(N)C(C)O)C(=O)NC(CO)C(=O)NC(CCCN=C(N)N)C(=O)O. The molecular formula is C19H37N7O7. The van der Waals surface area contributed by atoms with Crippen LogP contribution in [0, 0.1) is 5.92 Å². The standard InChI is InChI=1S/C19H37N7O7/c1-9(2)7-12(25-17(31)14(20)10(3)28)15(29)26-13(8-27)16(30)24-11(18(32)33)5-4-6-23-19(21)22/h9-14,27-28H,4-8,20H2,1-3H3,(H,24,30)(H,25,31)(H,26,29)(H,32,33)(H4,21,22,23). The van der Waals surface area contributed by atoms with Gasteiger partial charge in [-0.15, -0.1) is 0 Å². The summed E-state index contributed by atoms with van der Waals surface area (Å²) < 4.78 is 0. The second-order valence-corrected chi connectivity index (χ2v) is 8.05. The van der Waals surface area contributed by atoms with E-state index >= 15 is 0 Å². The third kappa shape index (κ3) is 12.0. The van der Waals surface area contributed by atoms with Gasteiger partial charge in [0.15, 0.2) is 5.96 Å². The number of carboxylic acid groups (broad SMARTS) is 1. The minimum Gasteiger partial charge on any atom is -0.480 e. The number of aliphatic imine (C=N–C) groups is 1. The summed E-state index contributed by atoms with van der Waals surface area (Å²) >= 11 is 0. The summed E-state index contributed by atoms with van der Waals surface area (Å²) in [6, 6.07) is -5.12. The van der Waals surface area contributed by atoms with Crippen LogP contribution in [0.15, 0.2) is 4.99 Å². The second kappa shape index (κ2) is 15.0. The zero-order valence-corrected chi connectivity index (χ0v) is 19.2. The number of carboxylic acids is 1. The Morgan fingerprint density at radius 1 is 0.909 bits per heavy atom. The molecule has 0 aromatic heterocycles. The molecule has 0 saturated carbocycles. The highest BCUT2D eigenvalue weighted by atomic mass is 16.4. The summed E-state index contributed by atoms with van der Waals surface area (Å²) in [5.41, 5.74) is 16.0. The highest BCUT2D eigenvalue weighted by Gasteiger charge is 2.31. The van der Waals surface area contributed by atoms with Gasteiger partial charge in [0.25, 0.3) is 0 Å². The van der Waals surface area contributed by atoms with Crippen LogP contribution < -0.4 is 33.2 Å². The van der Waals surface area contributed by atoms with Crippen LogP contribution in [0.2, 0.25) is 0 Å². The van der Waals surface area contributed by atoms with E-state index in [1.165, 1.54) is 6.92 Å². The van der Waals surface area contributed by atoms with E-state index < -0.39 is 60.6 Å². The summed E-state index contributed by atoms with van der Waals surface area (Å²) in [5.74, 6) is -3.95. The Morgan fingerprint density at radius 3 is 1.88 bits per heavy atom. The fourth-order valence-corrected chi connectivity index (χ4v) is 2.69. The molecular weight excluding hydrogens is 438 g/mol. The van der Waals surface area contributed by atoms with Gasteiger partial charge in [-0.1, -0.05) is 13.8 Å². The molecule has 0 saturated heterocycles. The van der Waals surface area contributed by atoms with Gasteiger partial charge in [-0.2, -0.15) is 0 Å². The number of nitrogens with one attached hydrogen (secondary N) is 3. The second-order valence-electron chi connectivity index (χ2n) is 8.05. The first-order valence-corrected chi connectivity index (χ1v) is 10.5. The summed E-state index contributed by atoms with van der Waals surface area (Å²) in [6.07, 6.45) is -0.694. The van der Waals surface area contributed by atoms with Gasteiger partial charge in [0.1, 0.15) is 24.2 Å². The Balaban J connectivity index is 5.19. The van der Waals surface area contributed by atoms with E-state index in [0.29, 0.717) is 0 Å². The largest absolute Gasteiger partial charge is 0.480 e. The fourth-order valence-electron chi connectivity index (χ4n) is 2.69. The molecule has 0 spiro atoms. The summed E-state index contributed by atoms with van der Waals surface area (Å²) in [7, 11) is 0. The summed E-state index contributed by atoms with van der Waals surface area (Å²) in [5, 5.41) is 35.3. The molecule has 12 N–H and O–H groups in total. The van der Waals surface area contributed by atoms with Crippen molar-refractivity contribution in [2.24, 2.45) is 28.1 Å². The molecule has 33 heavy (non-hydrogen) atoms. The van der Waals surface area contributed by atoms with Crippen molar-refractivity contribution < 1.29 is 34.5 Å². The Bertz CT molecular complexity index is 696. The number of aliphatic carboxylic acids is 1. The maximum Gasteiger partial charge on any atom is 0.326 e. The third-order valence-corrected chi connectivity index (χ3v) is 4.54. The molecule has 0 aliphatic carbocycles. The predicted octanol–water partition coefficient (Wildman–Crippen LogP) is -3.67. The molecule has 0 fully saturated rings. The number of guanidine groups is 1. The van der Waals surface area contributed by atoms with Gasteiger partial charge in [0.05, 0.1) is 12.7 Å². The lowest BCUT2D eigenvalue weighted by Crippen LogP contribution is -2.59. The van der Waals surface area contributed by atoms with Crippen LogP contribution in [0.25, 0.3) is 0 Å². The molecule has 0 radical (unpaired) electrons. The lowest BCUT2D eigenvalue weighted by Gasteiger charge is -2.25. The number of nitrogens with zero attached hydrogens (tertiary/aromatic N) is 1. The lowest BCUT2D eigenvalue weighted by molar-refractivity contribution is -0.142. The van der Waals surface area contributed by atoms with Crippen LogP contribution >= 0.6 is 0 Å². The van der Waals surface area contributed by atoms with E-state index in [1.54, 1.807) is 13.8 Å². The molecule has 190 valence electrons. The monoisotopic (exact) mass is 475 g/mol. The van der Waals surface area contributed by atoms with Gasteiger partial charge < -0.3 is 48.5 Å². The van der Waals surface area contributed by atoms with Gasteiger partial charge in [0.2, 0.25) is 17.7 Å². The molecule has 3 amide bonds. The average Bonchev–Trinajstić information content (AvgIpc) is 2.71. The van der Waals surface area contributed by atoms with Gasteiger partial charge in [-0.25, -0.2) is 4.79 Å². The molecule has 14 nitrogen and oxygen atoms in total. The van der Waals surface area contributed by atoms with Crippen LogP contribution in [0.4, 0.5) is 0 Å². The highest BCUT2D eigenvalue weighted by molar-refractivity contribution is 5.94. The Morgan fingerprint density at radius 2 is 1.42 bits per heavy atom. The number of amides is 3. The zero-order chi connectivity index (χ0) is 25.7. The third-order valence-electron chi connectivity index (χ3n) is 4.54. The maximum absolute atomic E-state index is 12.7. The number of hydrogen-bond acceptors (Lipinski definition) is 8. The summed E-state index contributed by atoms with van der Waals surface area (Å²) in [4.78, 5) is 52.5. The topological polar surface area (TPSA) is 255 Å². The summed E-state index contributed by atoms with van der Waals surface area (Å²) in [6.45, 7) is 4.28. The van der Waals surface area contributed by atoms with Crippen molar-refractivity contribution >= 4 is 29.7 Å². The number of aliphatic hydroxyl groups excluding tert-OH is 2. The number of rotatable bonds is 15. The molecule has 5 unspecified atom stereocenters. The van der Waals surface area contributed by atoms with E-state index in [0.717, 1.165) is 0 Å². The Hall–Kier alpha value is -2.97. The molecule has 0 aliphatic rings. The molecule has 0 rings (SSSR count). The van der Waals surface area contributed by atoms with Gasteiger partial charge in [-0.05, 0) is 32.1 Å². The Kier molecular flexibility index (Phi) is 13.6. The van der Waals surface area contributed by atoms with Crippen molar-refractivity contribution in [3.05, 3.63) is 0 Å². The smallest absolute Gasteiger partial charge is 0.326 e. The molecule has 5 atom stereocenters. The number of carbonyl (C=O) groups excluding carboxylic acids is 3. The van der Waals surface area contributed by atoms with Crippen molar-refractivity contribution in [1.82, 2.24) is 16.0 Å².